The summed E-state index contributed by atoms with van der Waals surface area (Å²) in [4.78, 5) is 20.2. The van der Waals surface area contributed by atoms with Crippen LogP contribution in [-0.2, 0) is 24.1 Å². The van der Waals surface area contributed by atoms with Gasteiger partial charge in [-0.05, 0) is 56.1 Å². The van der Waals surface area contributed by atoms with Crippen molar-refractivity contribution in [3.05, 3.63) is 39.5 Å². The molecule has 0 aromatic carbocycles. The molecule has 132 valence electrons. The molecule has 6 heteroatoms. The number of anilines is 1. The molecule has 1 aliphatic carbocycles. The summed E-state index contributed by atoms with van der Waals surface area (Å²) < 4.78 is 0. The Hall–Kier alpha value is -1.95. The van der Waals surface area contributed by atoms with Gasteiger partial charge >= 0.3 is 5.97 Å². The number of carboxylic acids is 1. The highest BCUT2D eigenvalue weighted by Gasteiger charge is 2.41. The van der Waals surface area contributed by atoms with Gasteiger partial charge in [0.15, 0.2) is 0 Å². The van der Waals surface area contributed by atoms with Crippen molar-refractivity contribution < 1.29 is 9.90 Å². The maximum absolute atomic E-state index is 10.8. The maximum atomic E-state index is 10.8. The number of aliphatic carboxylic acids is 1. The first-order valence-electron chi connectivity index (χ1n) is 9.08. The van der Waals surface area contributed by atoms with Crippen LogP contribution in [0, 0.1) is 5.92 Å². The summed E-state index contributed by atoms with van der Waals surface area (Å²) in [6.07, 6.45) is 6.53. The summed E-state index contributed by atoms with van der Waals surface area (Å²) >= 11 is 1.69. The van der Waals surface area contributed by atoms with Crippen molar-refractivity contribution in [2.45, 2.75) is 50.9 Å². The van der Waals surface area contributed by atoms with E-state index in [1.807, 2.05) is 0 Å². The van der Waals surface area contributed by atoms with E-state index >= 15 is 0 Å². The summed E-state index contributed by atoms with van der Waals surface area (Å²) in [5, 5.41) is 15.5. The van der Waals surface area contributed by atoms with E-state index in [1.54, 1.807) is 11.3 Å². The molecule has 0 spiro atoms. The summed E-state index contributed by atoms with van der Waals surface area (Å²) in [7, 11) is 0. The average molecular weight is 357 g/mol. The topological polar surface area (TPSA) is 75.1 Å². The fourth-order valence-electron chi connectivity index (χ4n) is 3.57. The Bertz CT molecular complexity index is 774. The molecule has 3 heterocycles. The molecule has 2 atom stereocenters. The Balaban J connectivity index is 1.27. The van der Waals surface area contributed by atoms with Crippen molar-refractivity contribution >= 4 is 23.1 Å². The predicted molar refractivity (Wildman–Crippen MR) is 98.3 cm³/mol. The third-order valence-electron chi connectivity index (χ3n) is 5.06. The first-order valence-corrected chi connectivity index (χ1v) is 9.96. The largest absolute Gasteiger partial charge is 0.481 e. The fraction of sp³-hybridized carbons (Fsp3) is 0.526. The van der Waals surface area contributed by atoms with Crippen LogP contribution in [-0.4, -0.2) is 27.6 Å². The second kappa shape index (κ2) is 7.12. The minimum absolute atomic E-state index is 0.275. The van der Waals surface area contributed by atoms with E-state index in [1.165, 1.54) is 12.0 Å². The number of nitrogens with one attached hydrogen (secondary N) is 1. The summed E-state index contributed by atoms with van der Waals surface area (Å²) in [6.45, 7) is 1.02. The average Bonchev–Trinajstić information content (AvgIpc) is 3.19. The van der Waals surface area contributed by atoms with Crippen molar-refractivity contribution in [1.82, 2.24) is 9.97 Å². The lowest BCUT2D eigenvalue weighted by atomic mass is 10.1. The normalized spacial score (nSPS) is 21.4. The molecule has 2 aromatic heterocycles. The molecule has 2 aromatic rings. The van der Waals surface area contributed by atoms with Gasteiger partial charge in [-0.25, -0.2) is 9.97 Å². The number of nitrogens with zero attached hydrogens (tertiary/aromatic N) is 2. The molecule has 25 heavy (non-hydrogen) atoms. The molecular formula is C19H23N3O2S. The van der Waals surface area contributed by atoms with Crippen LogP contribution in [0.5, 0.6) is 0 Å². The zero-order chi connectivity index (χ0) is 17.2. The quantitative estimate of drug-likeness (QED) is 0.791. The van der Waals surface area contributed by atoms with Crippen LogP contribution in [0.4, 0.5) is 5.82 Å². The number of pyridine rings is 1. The zero-order valence-corrected chi connectivity index (χ0v) is 15.0. The lowest BCUT2D eigenvalue weighted by molar-refractivity contribution is -0.137. The number of rotatable bonds is 7. The van der Waals surface area contributed by atoms with E-state index < -0.39 is 5.97 Å². The van der Waals surface area contributed by atoms with Crippen LogP contribution in [0.1, 0.15) is 53.6 Å². The molecule has 1 fully saturated rings. The lowest BCUT2D eigenvalue weighted by Gasteiger charge is -2.17. The fourth-order valence-corrected chi connectivity index (χ4v) is 4.63. The number of hydrogen-bond acceptors (Lipinski definition) is 5. The van der Waals surface area contributed by atoms with Crippen LogP contribution in [0.15, 0.2) is 17.5 Å². The van der Waals surface area contributed by atoms with E-state index in [2.05, 4.69) is 22.8 Å². The molecule has 1 aliphatic heterocycles. The van der Waals surface area contributed by atoms with Gasteiger partial charge in [0.2, 0.25) is 0 Å². The highest BCUT2D eigenvalue weighted by molar-refractivity contribution is 7.09. The van der Waals surface area contributed by atoms with Gasteiger partial charge in [0.25, 0.3) is 0 Å². The Kier molecular flexibility index (Phi) is 4.70. The minimum atomic E-state index is -0.698. The molecule has 2 N–H and O–H groups in total. The summed E-state index contributed by atoms with van der Waals surface area (Å²) in [5.74, 6) is 1.04. The first kappa shape index (κ1) is 16.5. The van der Waals surface area contributed by atoms with Gasteiger partial charge in [0, 0.05) is 30.0 Å². The van der Waals surface area contributed by atoms with E-state index in [0.717, 1.165) is 60.9 Å². The molecule has 4 rings (SSSR count). The number of carboxylic acid groups (broad SMARTS) is 1. The van der Waals surface area contributed by atoms with Crippen LogP contribution >= 0.6 is 11.3 Å². The van der Waals surface area contributed by atoms with Crippen molar-refractivity contribution in [1.29, 1.82) is 0 Å². The molecule has 2 unspecified atom stereocenters. The molecule has 1 saturated carbocycles. The van der Waals surface area contributed by atoms with Crippen LogP contribution in [0.2, 0.25) is 0 Å². The van der Waals surface area contributed by atoms with Crippen molar-refractivity contribution in [3.8, 4) is 0 Å². The molecule has 0 radical (unpaired) electrons. The number of aromatic nitrogens is 2. The Labute approximate surface area is 151 Å². The summed E-state index contributed by atoms with van der Waals surface area (Å²) in [5.41, 5.74) is 3.61. The monoisotopic (exact) mass is 357 g/mol. The molecule has 2 aliphatic rings. The molecule has 5 nitrogen and oxygen atoms in total. The van der Waals surface area contributed by atoms with E-state index in [-0.39, 0.29) is 6.42 Å². The lowest BCUT2D eigenvalue weighted by Crippen LogP contribution is -2.14. The van der Waals surface area contributed by atoms with Crippen molar-refractivity contribution in [2.75, 3.05) is 11.9 Å². The maximum Gasteiger partial charge on any atom is 0.303 e. The van der Waals surface area contributed by atoms with E-state index in [9.17, 15) is 4.79 Å². The number of thiazole rings is 1. The smallest absolute Gasteiger partial charge is 0.303 e. The number of hydrogen-bond donors (Lipinski definition) is 2. The zero-order valence-electron chi connectivity index (χ0n) is 14.2. The third-order valence-corrected chi connectivity index (χ3v) is 6.09. The predicted octanol–water partition coefficient (Wildman–Crippen LogP) is 3.65. The Morgan fingerprint density at radius 1 is 1.28 bits per heavy atom. The van der Waals surface area contributed by atoms with Crippen LogP contribution in [0.25, 0.3) is 0 Å². The van der Waals surface area contributed by atoms with Gasteiger partial charge in [-0.15, -0.1) is 11.3 Å². The summed E-state index contributed by atoms with van der Waals surface area (Å²) in [6, 6.07) is 4.36. The molecule has 0 bridgehead atoms. The van der Waals surface area contributed by atoms with Crippen molar-refractivity contribution in [2.24, 2.45) is 5.92 Å². The second-order valence-corrected chi connectivity index (χ2v) is 7.96. The van der Waals surface area contributed by atoms with Gasteiger partial charge in [0.05, 0.1) is 10.7 Å². The molecule has 0 saturated heterocycles. The number of fused-ring (bicyclic) bond motifs is 1. The van der Waals surface area contributed by atoms with Crippen LogP contribution < -0.4 is 5.32 Å². The van der Waals surface area contributed by atoms with Crippen molar-refractivity contribution in [3.63, 3.8) is 0 Å². The van der Waals surface area contributed by atoms with Gasteiger partial charge in [0.1, 0.15) is 5.82 Å². The van der Waals surface area contributed by atoms with Gasteiger partial charge in [-0.3, -0.25) is 4.79 Å². The van der Waals surface area contributed by atoms with E-state index in [4.69, 9.17) is 15.1 Å². The Morgan fingerprint density at radius 3 is 3.04 bits per heavy atom. The second-order valence-electron chi connectivity index (χ2n) is 7.07. The van der Waals surface area contributed by atoms with E-state index in [0.29, 0.717) is 11.8 Å². The standard InChI is InChI=1S/C19H23N3O2S/c23-17(24)10-13-9-16(13)19-22-15(11-25-19)5-1-4-14-7-6-12-3-2-8-20-18(12)21-14/h6-7,11,13,16H,1-5,8-10H2,(H,20,21)(H,23,24). The van der Waals surface area contributed by atoms with Gasteiger partial charge in [-0.1, -0.05) is 6.07 Å². The number of aryl methyl sites for hydroxylation is 3. The molecular weight excluding hydrogens is 334 g/mol. The number of carbonyl (C=O) groups is 1. The highest BCUT2D eigenvalue weighted by atomic mass is 32.1. The highest BCUT2D eigenvalue weighted by Crippen LogP contribution is 2.50. The van der Waals surface area contributed by atoms with Crippen LogP contribution in [0.3, 0.4) is 0 Å². The Morgan fingerprint density at radius 2 is 2.16 bits per heavy atom. The third kappa shape index (κ3) is 4.00. The minimum Gasteiger partial charge on any atom is -0.481 e. The van der Waals surface area contributed by atoms with Gasteiger partial charge < -0.3 is 10.4 Å². The SMILES string of the molecule is O=C(O)CC1CC1c1nc(CCCc2ccc3c(n2)NCCC3)cs1. The van der Waals surface area contributed by atoms with Gasteiger partial charge in [-0.2, -0.15) is 0 Å². The first-order chi connectivity index (χ1) is 12.2. The molecule has 0 amide bonds.